The van der Waals surface area contributed by atoms with Gasteiger partial charge in [0.15, 0.2) is 0 Å². The fourth-order valence-electron chi connectivity index (χ4n) is 2.40. The van der Waals surface area contributed by atoms with Gasteiger partial charge >= 0.3 is 0 Å². The van der Waals surface area contributed by atoms with Crippen molar-refractivity contribution in [3.05, 3.63) is 94.3 Å². The summed E-state index contributed by atoms with van der Waals surface area (Å²) in [6.45, 7) is 0.564. The summed E-state index contributed by atoms with van der Waals surface area (Å²) in [6.07, 6.45) is 4.58. The molecule has 1 heterocycles. The van der Waals surface area contributed by atoms with Crippen molar-refractivity contribution in [3.63, 3.8) is 0 Å². The van der Waals surface area contributed by atoms with Crippen LogP contribution in [0.2, 0.25) is 0 Å². The summed E-state index contributed by atoms with van der Waals surface area (Å²) in [7, 11) is 0. The lowest BCUT2D eigenvalue weighted by Gasteiger charge is -2.08. The van der Waals surface area contributed by atoms with E-state index in [0.29, 0.717) is 17.1 Å². The number of benzene rings is 2. The van der Waals surface area contributed by atoms with Gasteiger partial charge < -0.3 is 9.47 Å². The molecule has 30 heavy (non-hydrogen) atoms. The quantitative estimate of drug-likeness (QED) is 0.252. The number of nitro groups is 1. The summed E-state index contributed by atoms with van der Waals surface area (Å²) >= 11 is 0. The molecule has 3 rings (SSSR count). The van der Waals surface area contributed by atoms with Gasteiger partial charge in [0.25, 0.3) is 11.6 Å². The fourth-order valence-corrected chi connectivity index (χ4v) is 2.40. The molecule has 152 valence electrons. The highest BCUT2D eigenvalue weighted by molar-refractivity contribution is 5.94. The normalized spacial score (nSPS) is 10.5. The van der Waals surface area contributed by atoms with Crippen molar-refractivity contribution >= 4 is 17.8 Å². The van der Waals surface area contributed by atoms with Crippen LogP contribution in [0.1, 0.15) is 15.9 Å². The van der Waals surface area contributed by atoms with Crippen LogP contribution in [-0.4, -0.2) is 35.2 Å². The number of carbonyl (C=O) groups is 1. The average molecular weight is 406 g/mol. The molecule has 1 amide bonds. The van der Waals surface area contributed by atoms with Crippen molar-refractivity contribution in [1.29, 1.82) is 0 Å². The molecule has 0 atom stereocenters. The maximum atomic E-state index is 11.9. The van der Waals surface area contributed by atoms with Gasteiger partial charge in [0.1, 0.15) is 24.7 Å². The first-order valence-electron chi connectivity index (χ1n) is 8.95. The number of hydrogen-bond acceptors (Lipinski definition) is 7. The Morgan fingerprint density at radius 2 is 1.73 bits per heavy atom. The summed E-state index contributed by atoms with van der Waals surface area (Å²) in [5, 5.41) is 14.6. The molecule has 0 aliphatic carbocycles. The van der Waals surface area contributed by atoms with Crippen LogP contribution in [0.25, 0.3) is 0 Å². The van der Waals surface area contributed by atoms with Crippen LogP contribution in [-0.2, 0) is 0 Å². The number of hydrazone groups is 1. The SMILES string of the molecule is O=C(N/N=C/c1cccc(OCCOc2ccc([N+](=O)[O-])cc2)c1)c1ccncc1. The fraction of sp³-hybridized carbons (Fsp3) is 0.0952. The second-order valence-electron chi connectivity index (χ2n) is 5.96. The summed E-state index contributed by atoms with van der Waals surface area (Å²) in [5.41, 5.74) is 3.67. The molecule has 0 saturated heterocycles. The lowest BCUT2D eigenvalue weighted by molar-refractivity contribution is -0.384. The molecule has 2 aromatic carbocycles. The number of nitrogens with one attached hydrogen (secondary N) is 1. The van der Waals surface area contributed by atoms with Crippen molar-refractivity contribution < 1.29 is 19.2 Å². The molecule has 1 N–H and O–H groups in total. The number of aromatic nitrogens is 1. The number of carbonyl (C=O) groups excluding carboxylic acids is 1. The Morgan fingerprint density at radius 3 is 2.43 bits per heavy atom. The van der Waals surface area contributed by atoms with E-state index in [9.17, 15) is 14.9 Å². The van der Waals surface area contributed by atoms with Crippen molar-refractivity contribution in [1.82, 2.24) is 10.4 Å². The summed E-state index contributed by atoms with van der Waals surface area (Å²) in [4.78, 5) is 25.9. The van der Waals surface area contributed by atoms with E-state index >= 15 is 0 Å². The average Bonchev–Trinajstić information content (AvgIpc) is 2.78. The van der Waals surface area contributed by atoms with Gasteiger partial charge in [-0.25, -0.2) is 5.43 Å². The van der Waals surface area contributed by atoms with Gasteiger partial charge in [-0.15, -0.1) is 0 Å². The minimum absolute atomic E-state index is 0.00838. The van der Waals surface area contributed by atoms with Crippen LogP contribution < -0.4 is 14.9 Å². The van der Waals surface area contributed by atoms with Gasteiger partial charge in [-0.2, -0.15) is 5.10 Å². The van der Waals surface area contributed by atoms with E-state index in [1.165, 1.54) is 42.9 Å². The van der Waals surface area contributed by atoms with E-state index in [1.54, 1.807) is 30.3 Å². The Balaban J connectivity index is 1.44. The number of hydrogen-bond donors (Lipinski definition) is 1. The van der Waals surface area contributed by atoms with E-state index in [-0.39, 0.29) is 24.8 Å². The summed E-state index contributed by atoms with van der Waals surface area (Å²) in [6, 6.07) is 16.2. The molecule has 9 nitrogen and oxygen atoms in total. The molecule has 1 aromatic heterocycles. The predicted molar refractivity (Wildman–Crippen MR) is 110 cm³/mol. The minimum atomic E-state index is -0.465. The monoisotopic (exact) mass is 406 g/mol. The predicted octanol–water partition coefficient (Wildman–Crippen LogP) is 3.21. The number of ether oxygens (including phenoxy) is 2. The van der Waals surface area contributed by atoms with Crippen LogP contribution in [0.15, 0.2) is 78.2 Å². The number of nitro benzene ring substituents is 1. The summed E-state index contributed by atoms with van der Waals surface area (Å²) < 4.78 is 11.1. The third kappa shape index (κ3) is 6.13. The first-order valence-corrected chi connectivity index (χ1v) is 8.95. The molecular weight excluding hydrogens is 388 g/mol. The smallest absolute Gasteiger partial charge is 0.271 e. The largest absolute Gasteiger partial charge is 0.490 e. The molecule has 3 aromatic rings. The standard InChI is InChI=1S/C21H18N4O5/c26-21(17-8-10-22-11-9-17)24-23-15-16-2-1-3-20(14-16)30-13-12-29-19-6-4-18(5-7-19)25(27)28/h1-11,14-15H,12-13H2,(H,24,26)/b23-15+. The Labute approximate surface area is 172 Å². The van der Waals surface area contributed by atoms with Crippen molar-refractivity contribution in [2.24, 2.45) is 5.10 Å². The third-order valence-corrected chi connectivity index (χ3v) is 3.85. The highest BCUT2D eigenvalue weighted by Crippen LogP contribution is 2.17. The Morgan fingerprint density at radius 1 is 1.03 bits per heavy atom. The van der Waals surface area contributed by atoms with Crippen LogP contribution >= 0.6 is 0 Å². The molecule has 0 fully saturated rings. The second kappa shape index (κ2) is 10.3. The Hall–Kier alpha value is -4.27. The zero-order valence-electron chi connectivity index (χ0n) is 15.8. The molecular formula is C21H18N4O5. The number of amides is 1. The first kappa shape index (κ1) is 20.5. The molecule has 0 radical (unpaired) electrons. The zero-order chi connectivity index (χ0) is 21.2. The van der Waals surface area contributed by atoms with E-state index in [2.05, 4.69) is 15.5 Å². The van der Waals surface area contributed by atoms with Gasteiger partial charge in [-0.05, 0) is 42.0 Å². The Kier molecular flexibility index (Phi) is 7.04. The van der Waals surface area contributed by atoms with Crippen LogP contribution in [0.4, 0.5) is 5.69 Å². The lowest BCUT2D eigenvalue weighted by atomic mass is 10.2. The first-order chi connectivity index (χ1) is 14.6. The van der Waals surface area contributed by atoms with Gasteiger partial charge in [0.05, 0.1) is 11.1 Å². The minimum Gasteiger partial charge on any atom is -0.490 e. The zero-order valence-corrected chi connectivity index (χ0v) is 15.8. The molecule has 0 spiro atoms. The van der Waals surface area contributed by atoms with Crippen molar-refractivity contribution in [3.8, 4) is 11.5 Å². The third-order valence-electron chi connectivity index (χ3n) is 3.85. The number of non-ortho nitro benzene ring substituents is 1. The Bertz CT molecular complexity index is 1020. The number of pyridine rings is 1. The van der Waals surface area contributed by atoms with Crippen LogP contribution in [0, 0.1) is 10.1 Å². The van der Waals surface area contributed by atoms with Gasteiger partial charge in [0.2, 0.25) is 0 Å². The van der Waals surface area contributed by atoms with E-state index < -0.39 is 4.92 Å². The maximum absolute atomic E-state index is 11.9. The maximum Gasteiger partial charge on any atom is 0.271 e. The lowest BCUT2D eigenvalue weighted by Crippen LogP contribution is -2.17. The molecule has 0 aliphatic heterocycles. The topological polar surface area (TPSA) is 116 Å². The van der Waals surface area contributed by atoms with Gasteiger partial charge in [0, 0.05) is 30.1 Å². The highest BCUT2D eigenvalue weighted by atomic mass is 16.6. The molecule has 0 unspecified atom stereocenters. The van der Waals surface area contributed by atoms with Gasteiger partial charge in [-0.1, -0.05) is 12.1 Å². The van der Waals surface area contributed by atoms with E-state index in [1.807, 2.05) is 6.07 Å². The molecule has 0 saturated carbocycles. The van der Waals surface area contributed by atoms with Crippen molar-refractivity contribution in [2.75, 3.05) is 13.2 Å². The van der Waals surface area contributed by atoms with Crippen LogP contribution in [0.5, 0.6) is 11.5 Å². The molecule has 0 bridgehead atoms. The highest BCUT2D eigenvalue weighted by Gasteiger charge is 2.05. The summed E-state index contributed by atoms with van der Waals surface area (Å²) in [5.74, 6) is 0.811. The van der Waals surface area contributed by atoms with E-state index in [4.69, 9.17) is 9.47 Å². The second-order valence-corrected chi connectivity index (χ2v) is 5.96. The van der Waals surface area contributed by atoms with Crippen molar-refractivity contribution in [2.45, 2.75) is 0 Å². The molecule has 9 heteroatoms. The van der Waals surface area contributed by atoms with Crippen LogP contribution in [0.3, 0.4) is 0 Å². The molecule has 0 aliphatic rings. The van der Waals surface area contributed by atoms with Gasteiger partial charge in [-0.3, -0.25) is 19.9 Å². The van der Waals surface area contributed by atoms with E-state index in [0.717, 1.165) is 5.56 Å². The number of nitrogens with zero attached hydrogens (tertiary/aromatic N) is 3. The number of rotatable bonds is 9.